The molecule has 2 aromatic heterocycles. The van der Waals surface area contributed by atoms with Crippen molar-refractivity contribution in [2.24, 2.45) is 4.99 Å². The van der Waals surface area contributed by atoms with Crippen LogP contribution in [0.15, 0.2) is 22.5 Å². The number of rotatable bonds is 6. The molecule has 2 aromatic rings. The lowest BCUT2D eigenvalue weighted by atomic mass is 10.3. The van der Waals surface area contributed by atoms with Crippen LogP contribution in [-0.4, -0.2) is 36.0 Å². The highest BCUT2D eigenvalue weighted by Gasteiger charge is 2.08. The molecule has 0 unspecified atom stereocenters. The number of aryl methyl sites for hydroxylation is 2. The molecule has 0 radical (unpaired) electrons. The molecule has 0 amide bonds. The van der Waals surface area contributed by atoms with Gasteiger partial charge in [-0.2, -0.15) is 0 Å². The van der Waals surface area contributed by atoms with Gasteiger partial charge in [0.25, 0.3) is 0 Å². The van der Waals surface area contributed by atoms with Crippen molar-refractivity contribution < 1.29 is 0 Å². The molecule has 22 heavy (non-hydrogen) atoms. The second-order valence-corrected chi connectivity index (χ2v) is 7.49. The molecule has 0 fully saturated rings. The Balaban J connectivity index is 1.96. The summed E-state index contributed by atoms with van der Waals surface area (Å²) in [4.78, 5) is 14.2. The number of guanidine groups is 1. The Bertz CT molecular complexity index is 582. The third kappa shape index (κ3) is 4.81. The molecule has 0 aromatic carbocycles. The van der Waals surface area contributed by atoms with E-state index in [9.17, 15) is 0 Å². The van der Waals surface area contributed by atoms with E-state index in [4.69, 9.17) is 4.99 Å². The van der Waals surface area contributed by atoms with Crippen LogP contribution in [0.5, 0.6) is 0 Å². The molecule has 6 heteroatoms. The van der Waals surface area contributed by atoms with E-state index in [1.165, 1.54) is 9.75 Å². The van der Waals surface area contributed by atoms with Crippen molar-refractivity contribution in [2.75, 3.05) is 20.1 Å². The van der Waals surface area contributed by atoms with Gasteiger partial charge in [0.1, 0.15) is 5.01 Å². The normalized spacial score (nSPS) is 11.7. The summed E-state index contributed by atoms with van der Waals surface area (Å²) in [6.07, 6.45) is 1.05. The largest absolute Gasteiger partial charge is 0.357 e. The zero-order valence-electron chi connectivity index (χ0n) is 13.7. The average molecular weight is 337 g/mol. The maximum Gasteiger partial charge on any atom is 0.194 e. The number of thiazole rings is 1. The molecule has 2 rings (SSSR count). The minimum Gasteiger partial charge on any atom is -0.357 e. The Morgan fingerprint density at radius 2 is 2.23 bits per heavy atom. The zero-order valence-corrected chi connectivity index (χ0v) is 15.4. The maximum absolute atomic E-state index is 4.72. The number of nitrogens with one attached hydrogen (secondary N) is 1. The number of likely N-dealkylation sites (N-methyl/N-ethyl adjacent to an activating group) is 1. The summed E-state index contributed by atoms with van der Waals surface area (Å²) in [5.41, 5.74) is 1.12. The van der Waals surface area contributed by atoms with Crippen LogP contribution in [0.25, 0.3) is 0 Å². The Hall–Kier alpha value is -1.40. The molecule has 0 aliphatic heterocycles. The van der Waals surface area contributed by atoms with Crippen molar-refractivity contribution in [1.82, 2.24) is 15.2 Å². The topological polar surface area (TPSA) is 40.5 Å². The number of hydrogen-bond donors (Lipinski definition) is 1. The maximum atomic E-state index is 4.72. The van der Waals surface area contributed by atoms with Crippen molar-refractivity contribution in [2.45, 2.75) is 33.7 Å². The van der Waals surface area contributed by atoms with Crippen LogP contribution in [0, 0.1) is 13.8 Å². The first-order valence-corrected chi connectivity index (χ1v) is 9.24. The van der Waals surface area contributed by atoms with Crippen molar-refractivity contribution in [3.8, 4) is 0 Å². The van der Waals surface area contributed by atoms with Crippen LogP contribution in [0.1, 0.15) is 27.4 Å². The minimum atomic E-state index is 0.644. The van der Waals surface area contributed by atoms with Crippen molar-refractivity contribution in [3.05, 3.63) is 38.0 Å². The molecule has 120 valence electrons. The molecule has 1 N–H and O–H groups in total. The number of aliphatic imine (C=N–C) groups is 1. The standard InChI is InChI=1S/C16H24N4S2/c1-5-17-16(18-11-15-19-12(2)13(3)22-15)20(4)9-8-14-7-6-10-21-14/h6-7,10H,5,8-9,11H2,1-4H3,(H,17,18). The smallest absolute Gasteiger partial charge is 0.194 e. The third-order valence-electron chi connectivity index (χ3n) is 3.41. The summed E-state index contributed by atoms with van der Waals surface area (Å²) in [5.74, 6) is 0.949. The van der Waals surface area contributed by atoms with E-state index in [1.807, 2.05) is 11.3 Å². The van der Waals surface area contributed by atoms with Gasteiger partial charge in [-0.05, 0) is 38.6 Å². The van der Waals surface area contributed by atoms with Crippen molar-refractivity contribution in [3.63, 3.8) is 0 Å². The van der Waals surface area contributed by atoms with E-state index < -0.39 is 0 Å². The van der Waals surface area contributed by atoms with Gasteiger partial charge in [-0.1, -0.05) is 6.07 Å². The van der Waals surface area contributed by atoms with Gasteiger partial charge in [0, 0.05) is 29.9 Å². The number of nitrogens with zero attached hydrogens (tertiary/aromatic N) is 3. The van der Waals surface area contributed by atoms with E-state index in [2.05, 4.69) is 60.5 Å². The Kier molecular flexibility index (Phi) is 6.39. The van der Waals surface area contributed by atoms with Gasteiger partial charge in [-0.15, -0.1) is 22.7 Å². The number of hydrogen-bond acceptors (Lipinski definition) is 4. The van der Waals surface area contributed by atoms with Crippen LogP contribution in [0.4, 0.5) is 0 Å². The minimum absolute atomic E-state index is 0.644. The lowest BCUT2D eigenvalue weighted by molar-refractivity contribution is 0.486. The third-order valence-corrected chi connectivity index (χ3v) is 5.40. The molecule has 4 nitrogen and oxygen atoms in total. The van der Waals surface area contributed by atoms with Crippen LogP contribution < -0.4 is 5.32 Å². The molecule has 0 aliphatic carbocycles. The summed E-state index contributed by atoms with van der Waals surface area (Å²) in [6.45, 7) is 8.74. The van der Waals surface area contributed by atoms with Gasteiger partial charge < -0.3 is 10.2 Å². The highest BCUT2D eigenvalue weighted by molar-refractivity contribution is 7.11. The van der Waals surface area contributed by atoms with E-state index in [1.54, 1.807) is 11.3 Å². The van der Waals surface area contributed by atoms with E-state index >= 15 is 0 Å². The van der Waals surface area contributed by atoms with Crippen molar-refractivity contribution in [1.29, 1.82) is 0 Å². The van der Waals surface area contributed by atoms with Gasteiger partial charge in [-0.3, -0.25) is 0 Å². The highest BCUT2D eigenvalue weighted by atomic mass is 32.1. The van der Waals surface area contributed by atoms with Crippen LogP contribution in [0.3, 0.4) is 0 Å². The first kappa shape index (κ1) is 17.0. The fourth-order valence-corrected chi connectivity index (χ4v) is 3.61. The predicted molar refractivity (Wildman–Crippen MR) is 97.1 cm³/mol. The van der Waals surface area contributed by atoms with E-state index in [0.29, 0.717) is 6.54 Å². The Morgan fingerprint density at radius 3 is 2.82 bits per heavy atom. The average Bonchev–Trinajstić information content (AvgIpc) is 3.11. The quantitative estimate of drug-likeness (QED) is 0.649. The molecule has 0 spiro atoms. The molecular weight excluding hydrogens is 312 g/mol. The van der Waals surface area contributed by atoms with Crippen LogP contribution >= 0.6 is 22.7 Å². The summed E-state index contributed by atoms with van der Waals surface area (Å²) in [6, 6.07) is 4.29. The number of thiophene rings is 1. The molecule has 0 bridgehead atoms. The van der Waals surface area contributed by atoms with E-state index in [-0.39, 0.29) is 0 Å². The Labute approximate surface area is 140 Å². The summed E-state index contributed by atoms with van der Waals surface area (Å²) in [5, 5.41) is 6.57. The fourth-order valence-electron chi connectivity index (χ4n) is 2.06. The Morgan fingerprint density at radius 1 is 1.41 bits per heavy atom. The summed E-state index contributed by atoms with van der Waals surface area (Å²) in [7, 11) is 2.09. The summed E-state index contributed by atoms with van der Waals surface area (Å²) < 4.78 is 0. The molecule has 0 saturated heterocycles. The van der Waals surface area contributed by atoms with Crippen molar-refractivity contribution >= 4 is 28.6 Å². The van der Waals surface area contributed by atoms with Crippen LogP contribution in [-0.2, 0) is 13.0 Å². The van der Waals surface area contributed by atoms with Crippen LogP contribution in [0.2, 0.25) is 0 Å². The number of aromatic nitrogens is 1. The second-order valence-electron chi connectivity index (χ2n) is 5.17. The lowest BCUT2D eigenvalue weighted by Crippen LogP contribution is -2.39. The molecule has 0 aliphatic rings. The van der Waals surface area contributed by atoms with E-state index in [0.717, 1.165) is 36.2 Å². The lowest BCUT2D eigenvalue weighted by Gasteiger charge is -2.21. The first-order chi connectivity index (χ1) is 10.6. The second kappa shape index (κ2) is 8.29. The summed E-state index contributed by atoms with van der Waals surface area (Å²) >= 11 is 3.54. The SMILES string of the molecule is CCNC(=NCc1nc(C)c(C)s1)N(C)CCc1cccs1. The van der Waals surface area contributed by atoms with Gasteiger partial charge in [0.2, 0.25) is 0 Å². The molecule has 2 heterocycles. The first-order valence-electron chi connectivity index (χ1n) is 7.55. The fraction of sp³-hybridized carbons (Fsp3) is 0.500. The van der Waals surface area contributed by atoms with Gasteiger partial charge in [0.15, 0.2) is 5.96 Å². The monoisotopic (exact) mass is 336 g/mol. The van der Waals surface area contributed by atoms with Gasteiger partial charge in [-0.25, -0.2) is 9.98 Å². The van der Waals surface area contributed by atoms with Gasteiger partial charge >= 0.3 is 0 Å². The van der Waals surface area contributed by atoms with Gasteiger partial charge in [0.05, 0.1) is 12.2 Å². The molecule has 0 saturated carbocycles. The molecule has 0 atom stereocenters. The molecular formula is C16H24N4S2. The zero-order chi connectivity index (χ0) is 15.9. The highest BCUT2D eigenvalue weighted by Crippen LogP contribution is 2.17. The predicted octanol–water partition coefficient (Wildman–Crippen LogP) is 3.46.